The van der Waals surface area contributed by atoms with E-state index < -0.39 is 6.36 Å². The van der Waals surface area contributed by atoms with Crippen molar-refractivity contribution in [2.24, 2.45) is 0 Å². The number of halogens is 5. The average molecular weight is 426 g/mol. The number of nitrogens with one attached hydrogen (secondary N) is 2. The number of thiocarbonyl (C=S) groups is 1. The van der Waals surface area contributed by atoms with Gasteiger partial charge in [-0.25, -0.2) is 0 Å². The van der Waals surface area contributed by atoms with E-state index in [9.17, 15) is 13.2 Å². The summed E-state index contributed by atoms with van der Waals surface area (Å²) >= 11 is 14.5. The normalized spacial score (nSPS) is 11.0. The maximum Gasteiger partial charge on any atom is 0.573 e. The van der Waals surface area contributed by atoms with Crippen LogP contribution < -0.4 is 15.4 Å². The zero-order valence-corrected chi connectivity index (χ0v) is 14.4. The molecule has 0 amide bonds. The molecule has 0 bridgehead atoms. The summed E-state index contributed by atoms with van der Waals surface area (Å²) in [4.78, 5) is 0. The van der Waals surface area contributed by atoms with Gasteiger partial charge in [0.15, 0.2) is 5.11 Å². The van der Waals surface area contributed by atoms with E-state index in [2.05, 4.69) is 31.3 Å². The van der Waals surface area contributed by atoms with Crippen molar-refractivity contribution in [2.75, 3.05) is 10.6 Å². The van der Waals surface area contributed by atoms with E-state index in [4.69, 9.17) is 23.8 Å². The highest BCUT2D eigenvalue weighted by atomic mass is 79.9. The fourth-order valence-corrected chi connectivity index (χ4v) is 2.56. The Balaban J connectivity index is 1.97. The summed E-state index contributed by atoms with van der Waals surface area (Å²) in [5, 5.41) is 6.45. The van der Waals surface area contributed by atoms with Crippen molar-refractivity contribution in [3.8, 4) is 5.75 Å². The lowest BCUT2D eigenvalue weighted by Gasteiger charge is -2.13. The number of rotatable bonds is 3. The van der Waals surface area contributed by atoms with Crippen LogP contribution in [0.2, 0.25) is 5.02 Å². The van der Waals surface area contributed by atoms with Gasteiger partial charge in [-0.3, -0.25) is 0 Å². The molecule has 122 valence electrons. The molecule has 2 N–H and O–H groups in total. The van der Waals surface area contributed by atoms with Crippen LogP contribution >= 0.6 is 39.7 Å². The Morgan fingerprint density at radius 3 is 2.30 bits per heavy atom. The van der Waals surface area contributed by atoms with Gasteiger partial charge in [-0.2, -0.15) is 0 Å². The predicted octanol–water partition coefficient (Wildman–Crippen LogP) is 5.81. The molecule has 0 saturated heterocycles. The zero-order valence-electron chi connectivity index (χ0n) is 11.2. The molecule has 23 heavy (non-hydrogen) atoms. The first-order valence-electron chi connectivity index (χ1n) is 6.12. The van der Waals surface area contributed by atoms with Crippen molar-refractivity contribution in [2.45, 2.75) is 6.36 Å². The predicted molar refractivity (Wildman–Crippen MR) is 92.1 cm³/mol. The summed E-state index contributed by atoms with van der Waals surface area (Å²) in [6, 6.07) is 10.4. The van der Waals surface area contributed by atoms with Crippen molar-refractivity contribution in [1.82, 2.24) is 0 Å². The first kappa shape index (κ1) is 17.8. The highest BCUT2D eigenvalue weighted by Crippen LogP contribution is 2.26. The molecule has 2 rings (SSSR count). The van der Waals surface area contributed by atoms with Crippen molar-refractivity contribution in [1.29, 1.82) is 0 Å². The van der Waals surface area contributed by atoms with Gasteiger partial charge in [0.25, 0.3) is 0 Å². The van der Waals surface area contributed by atoms with Gasteiger partial charge in [0.2, 0.25) is 0 Å². The molecule has 9 heteroatoms. The van der Waals surface area contributed by atoms with Gasteiger partial charge >= 0.3 is 6.36 Å². The van der Waals surface area contributed by atoms with Gasteiger partial charge in [-0.15, -0.1) is 13.2 Å². The minimum absolute atomic E-state index is 0.249. The maximum absolute atomic E-state index is 12.1. The van der Waals surface area contributed by atoms with Crippen LogP contribution in [0.5, 0.6) is 5.75 Å². The minimum Gasteiger partial charge on any atom is -0.406 e. The molecule has 0 aliphatic carbocycles. The number of anilines is 2. The Morgan fingerprint density at radius 1 is 1.09 bits per heavy atom. The molecule has 0 heterocycles. The molecule has 0 unspecified atom stereocenters. The van der Waals surface area contributed by atoms with E-state index in [0.717, 1.165) is 4.47 Å². The molecular weight excluding hydrogens is 417 g/mol. The van der Waals surface area contributed by atoms with Crippen LogP contribution in [-0.2, 0) is 0 Å². The Hall–Kier alpha value is -1.51. The van der Waals surface area contributed by atoms with Crippen molar-refractivity contribution in [3.05, 3.63) is 52.0 Å². The molecule has 0 fully saturated rings. The molecular formula is C14H9BrClF3N2OS. The summed E-state index contributed by atoms with van der Waals surface area (Å²) < 4.78 is 40.8. The first-order valence-corrected chi connectivity index (χ1v) is 7.70. The molecule has 0 aliphatic rings. The fraction of sp³-hybridized carbons (Fsp3) is 0.0714. The standard InChI is InChI=1S/C14H9BrClF3N2OS/c15-8-1-6-12(11(16)7-8)21-13(23)20-9-2-4-10(5-3-9)22-14(17,18)19/h1-7H,(H2,20,21,23). The first-order chi connectivity index (χ1) is 10.7. The molecule has 0 saturated carbocycles. The molecule has 0 aliphatic heterocycles. The van der Waals surface area contributed by atoms with E-state index in [1.807, 2.05) is 0 Å². The summed E-state index contributed by atoms with van der Waals surface area (Å²) in [6.45, 7) is 0. The summed E-state index contributed by atoms with van der Waals surface area (Å²) in [7, 11) is 0. The Kier molecular flexibility index (Phi) is 5.72. The van der Waals surface area contributed by atoms with Crippen LogP contribution in [0.4, 0.5) is 24.5 Å². The molecule has 0 radical (unpaired) electrons. The van der Waals surface area contributed by atoms with Crippen molar-refractivity contribution >= 4 is 56.2 Å². The summed E-state index contributed by atoms with van der Waals surface area (Å²) in [5.41, 5.74) is 1.11. The van der Waals surface area contributed by atoms with Gasteiger partial charge in [0.05, 0.1) is 10.7 Å². The van der Waals surface area contributed by atoms with Crippen LogP contribution in [0, 0.1) is 0 Å². The molecule has 0 atom stereocenters. The Labute approximate surface area is 148 Å². The molecule has 0 aromatic heterocycles. The third-order valence-corrected chi connectivity index (χ3v) is 3.54. The van der Waals surface area contributed by atoms with Crippen LogP contribution in [0.1, 0.15) is 0 Å². The van der Waals surface area contributed by atoms with E-state index >= 15 is 0 Å². The number of alkyl halides is 3. The smallest absolute Gasteiger partial charge is 0.406 e. The average Bonchev–Trinajstić information content (AvgIpc) is 2.42. The quantitative estimate of drug-likeness (QED) is 0.608. The monoisotopic (exact) mass is 424 g/mol. The van der Waals surface area contributed by atoms with Gasteiger partial charge in [-0.1, -0.05) is 27.5 Å². The lowest BCUT2D eigenvalue weighted by Crippen LogP contribution is -2.19. The number of benzene rings is 2. The molecule has 2 aromatic rings. The third-order valence-electron chi connectivity index (χ3n) is 2.53. The topological polar surface area (TPSA) is 33.3 Å². The third kappa shape index (κ3) is 5.89. The minimum atomic E-state index is -4.72. The summed E-state index contributed by atoms with van der Waals surface area (Å²) in [6.07, 6.45) is -4.72. The highest BCUT2D eigenvalue weighted by molar-refractivity contribution is 9.10. The Bertz CT molecular complexity index is 710. The van der Waals surface area contributed by atoms with Crippen LogP contribution in [-0.4, -0.2) is 11.5 Å². The lowest BCUT2D eigenvalue weighted by atomic mass is 10.3. The van der Waals surface area contributed by atoms with Crippen LogP contribution in [0.3, 0.4) is 0 Å². The fourth-order valence-electron chi connectivity index (χ4n) is 1.62. The summed E-state index contributed by atoms with van der Waals surface area (Å²) in [5.74, 6) is -0.308. The Morgan fingerprint density at radius 2 is 1.74 bits per heavy atom. The number of ether oxygens (including phenoxy) is 1. The number of hydrogen-bond acceptors (Lipinski definition) is 2. The molecule has 0 spiro atoms. The van der Waals surface area contributed by atoms with Gasteiger partial charge in [-0.05, 0) is 54.7 Å². The number of hydrogen-bond donors (Lipinski definition) is 2. The largest absolute Gasteiger partial charge is 0.573 e. The van der Waals surface area contributed by atoms with Crippen molar-refractivity contribution in [3.63, 3.8) is 0 Å². The van der Waals surface area contributed by atoms with Gasteiger partial charge in [0, 0.05) is 10.2 Å². The highest BCUT2D eigenvalue weighted by Gasteiger charge is 2.30. The maximum atomic E-state index is 12.1. The van der Waals surface area contributed by atoms with E-state index in [0.29, 0.717) is 16.4 Å². The second-order valence-corrected chi connectivity index (χ2v) is 6.01. The molecule has 3 nitrogen and oxygen atoms in total. The SMILES string of the molecule is FC(F)(F)Oc1ccc(NC(=S)Nc2ccc(Br)cc2Cl)cc1. The van der Waals surface area contributed by atoms with Gasteiger partial charge < -0.3 is 15.4 Å². The van der Waals surface area contributed by atoms with Crippen molar-refractivity contribution < 1.29 is 17.9 Å². The second kappa shape index (κ2) is 7.37. The van der Waals surface area contributed by atoms with E-state index in [1.54, 1.807) is 18.2 Å². The lowest BCUT2D eigenvalue weighted by molar-refractivity contribution is -0.274. The van der Waals surface area contributed by atoms with E-state index in [1.165, 1.54) is 24.3 Å². The van der Waals surface area contributed by atoms with E-state index in [-0.39, 0.29) is 10.9 Å². The van der Waals surface area contributed by atoms with Gasteiger partial charge in [0.1, 0.15) is 5.75 Å². The second-order valence-electron chi connectivity index (χ2n) is 4.28. The van der Waals surface area contributed by atoms with Crippen LogP contribution in [0.15, 0.2) is 46.9 Å². The zero-order chi connectivity index (χ0) is 17.0. The molecule has 2 aromatic carbocycles. The van der Waals surface area contributed by atoms with Crippen LogP contribution in [0.25, 0.3) is 0 Å².